The molecule has 0 radical (unpaired) electrons. The van der Waals surface area contributed by atoms with E-state index in [4.69, 9.17) is 0 Å². The van der Waals surface area contributed by atoms with E-state index in [-0.39, 0.29) is 10.8 Å². The first-order valence-electron chi connectivity index (χ1n) is 5.32. The fourth-order valence-electron chi connectivity index (χ4n) is 1.50. The van der Waals surface area contributed by atoms with Gasteiger partial charge in [0.05, 0.1) is 4.92 Å². The van der Waals surface area contributed by atoms with Crippen LogP contribution in [0.2, 0.25) is 0 Å². The van der Waals surface area contributed by atoms with Crippen molar-refractivity contribution in [2.24, 2.45) is 0 Å². The van der Waals surface area contributed by atoms with E-state index in [0.29, 0.717) is 13.1 Å². The van der Waals surface area contributed by atoms with Gasteiger partial charge in [0, 0.05) is 24.5 Å². The van der Waals surface area contributed by atoms with Crippen LogP contribution in [0.4, 0.5) is 9.39 Å². The lowest BCUT2D eigenvalue weighted by molar-refractivity contribution is -0.380. The molecule has 2 rings (SSSR count). The van der Waals surface area contributed by atoms with Crippen molar-refractivity contribution in [2.75, 3.05) is 0 Å². The first-order valence-corrected chi connectivity index (χ1v) is 6.20. The van der Waals surface area contributed by atoms with Crippen molar-refractivity contribution < 1.29 is 9.31 Å². The molecule has 0 aliphatic rings. The molecule has 0 saturated heterocycles. The van der Waals surface area contributed by atoms with Gasteiger partial charge >= 0.3 is 5.00 Å². The fraction of sp³-hybridized carbons (Fsp3) is 0.167. The van der Waals surface area contributed by atoms with Gasteiger partial charge in [0.2, 0.25) is 0 Å². The number of halogens is 1. The van der Waals surface area contributed by atoms with Crippen molar-refractivity contribution in [2.45, 2.75) is 13.1 Å². The maximum atomic E-state index is 12.7. The Morgan fingerprint density at radius 3 is 2.50 bits per heavy atom. The molecule has 0 fully saturated rings. The molecule has 0 bridgehead atoms. The van der Waals surface area contributed by atoms with E-state index in [1.165, 1.54) is 12.1 Å². The van der Waals surface area contributed by atoms with E-state index in [2.05, 4.69) is 5.32 Å². The number of hydrogen-bond donors (Lipinski definition) is 1. The third-order valence-electron chi connectivity index (χ3n) is 2.39. The van der Waals surface area contributed by atoms with Crippen LogP contribution in [0.25, 0.3) is 0 Å². The van der Waals surface area contributed by atoms with E-state index >= 15 is 0 Å². The Morgan fingerprint density at radius 2 is 1.89 bits per heavy atom. The Morgan fingerprint density at radius 1 is 1.22 bits per heavy atom. The maximum Gasteiger partial charge on any atom is 0.324 e. The Hall–Kier alpha value is -1.79. The lowest BCUT2D eigenvalue weighted by Gasteiger charge is -2.03. The molecule has 0 unspecified atom stereocenters. The molecule has 0 amide bonds. The highest BCUT2D eigenvalue weighted by Crippen LogP contribution is 2.22. The van der Waals surface area contributed by atoms with Gasteiger partial charge in [0.1, 0.15) is 5.82 Å². The highest BCUT2D eigenvalue weighted by Gasteiger charge is 2.08. The van der Waals surface area contributed by atoms with Crippen LogP contribution in [0.5, 0.6) is 0 Å². The molecule has 6 heteroatoms. The topological polar surface area (TPSA) is 55.2 Å². The van der Waals surface area contributed by atoms with Crippen molar-refractivity contribution >= 4 is 16.3 Å². The van der Waals surface area contributed by atoms with E-state index in [1.54, 1.807) is 23.6 Å². The number of hydrogen-bond acceptors (Lipinski definition) is 4. The van der Waals surface area contributed by atoms with Gasteiger partial charge in [-0.15, -0.1) is 0 Å². The summed E-state index contributed by atoms with van der Waals surface area (Å²) in [6.07, 6.45) is 0. The maximum absolute atomic E-state index is 12.7. The van der Waals surface area contributed by atoms with Crippen LogP contribution in [-0.4, -0.2) is 4.92 Å². The standard InChI is InChI=1S/C12H11FN2O2S/c13-11-3-1-9(2-4-11)6-14-7-10-5-12(15(16)17)18-8-10/h1-5,8,14H,6-7H2. The van der Waals surface area contributed by atoms with Gasteiger partial charge in [-0.05, 0) is 23.3 Å². The minimum atomic E-state index is -0.395. The third kappa shape index (κ3) is 3.35. The van der Waals surface area contributed by atoms with E-state index < -0.39 is 4.92 Å². The molecule has 0 aliphatic heterocycles. The minimum absolute atomic E-state index is 0.147. The highest BCUT2D eigenvalue weighted by atomic mass is 32.1. The zero-order valence-electron chi connectivity index (χ0n) is 9.43. The quantitative estimate of drug-likeness (QED) is 0.668. The van der Waals surface area contributed by atoms with Crippen LogP contribution < -0.4 is 5.32 Å². The number of benzene rings is 1. The second-order valence-corrected chi connectivity index (χ2v) is 4.67. The predicted molar refractivity (Wildman–Crippen MR) is 67.9 cm³/mol. The van der Waals surface area contributed by atoms with E-state index in [9.17, 15) is 14.5 Å². The highest BCUT2D eigenvalue weighted by molar-refractivity contribution is 7.13. The number of nitro groups is 1. The summed E-state index contributed by atoms with van der Waals surface area (Å²) in [5, 5.41) is 15.6. The zero-order chi connectivity index (χ0) is 13.0. The number of nitrogens with one attached hydrogen (secondary N) is 1. The Labute approximate surface area is 107 Å². The van der Waals surface area contributed by atoms with Crippen molar-refractivity contribution in [3.05, 3.63) is 62.8 Å². The van der Waals surface area contributed by atoms with Gasteiger partial charge in [-0.1, -0.05) is 23.5 Å². The van der Waals surface area contributed by atoms with Crippen LogP contribution >= 0.6 is 11.3 Å². The molecule has 1 N–H and O–H groups in total. The monoisotopic (exact) mass is 266 g/mol. The molecule has 18 heavy (non-hydrogen) atoms. The van der Waals surface area contributed by atoms with Crippen LogP contribution in [0, 0.1) is 15.9 Å². The van der Waals surface area contributed by atoms with Gasteiger partial charge in [-0.25, -0.2) is 4.39 Å². The zero-order valence-corrected chi connectivity index (χ0v) is 10.2. The third-order valence-corrected chi connectivity index (χ3v) is 3.32. The van der Waals surface area contributed by atoms with Crippen LogP contribution in [0.15, 0.2) is 35.7 Å². The molecule has 0 saturated carbocycles. The summed E-state index contributed by atoms with van der Waals surface area (Å²) >= 11 is 1.12. The lowest BCUT2D eigenvalue weighted by Crippen LogP contribution is -2.11. The number of thiophene rings is 1. The molecular formula is C12H11FN2O2S. The van der Waals surface area contributed by atoms with Crippen molar-refractivity contribution in [1.82, 2.24) is 5.32 Å². The molecule has 0 atom stereocenters. The van der Waals surface area contributed by atoms with Gasteiger partial charge in [0.25, 0.3) is 0 Å². The van der Waals surface area contributed by atoms with Gasteiger partial charge in [-0.3, -0.25) is 10.1 Å². The fourth-order valence-corrected chi connectivity index (χ4v) is 2.23. The van der Waals surface area contributed by atoms with Crippen LogP contribution in [0.3, 0.4) is 0 Å². The number of rotatable bonds is 5. The smallest absolute Gasteiger partial charge is 0.309 e. The van der Waals surface area contributed by atoms with Gasteiger partial charge in [0.15, 0.2) is 0 Å². The van der Waals surface area contributed by atoms with Crippen LogP contribution in [-0.2, 0) is 13.1 Å². The average molecular weight is 266 g/mol. The normalized spacial score (nSPS) is 10.5. The molecule has 4 nitrogen and oxygen atoms in total. The molecule has 1 aromatic carbocycles. The van der Waals surface area contributed by atoms with Crippen molar-refractivity contribution in [1.29, 1.82) is 0 Å². The first-order chi connectivity index (χ1) is 8.65. The Bertz CT molecular complexity index is 539. The molecule has 1 aromatic heterocycles. The summed E-state index contributed by atoms with van der Waals surface area (Å²) in [4.78, 5) is 10.1. The largest absolute Gasteiger partial charge is 0.324 e. The summed E-state index contributed by atoms with van der Waals surface area (Å²) in [5.41, 5.74) is 1.86. The molecule has 0 aliphatic carbocycles. The number of nitrogens with zero attached hydrogens (tertiary/aromatic N) is 1. The Kier molecular flexibility index (Phi) is 4.01. The SMILES string of the molecule is O=[N+]([O-])c1cc(CNCc2ccc(F)cc2)cs1. The molecule has 0 spiro atoms. The first kappa shape index (κ1) is 12.7. The summed E-state index contributed by atoms with van der Waals surface area (Å²) in [6, 6.07) is 7.79. The van der Waals surface area contributed by atoms with Gasteiger partial charge < -0.3 is 5.32 Å². The summed E-state index contributed by atoms with van der Waals surface area (Å²) in [5.74, 6) is -0.257. The second-order valence-electron chi connectivity index (χ2n) is 3.78. The van der Waals surface area contributed by atoms with Crippen LogP contribution in [0.1, 0.15) is 11.1 Å². The minimum Gasteiger partial charge on any atom is -0.309 e. The van der Waals surface area contributed by atoms with E-state index in [0.717, 1.165) is 22.5 Å². The van der Waals surface area contributed by atoms with Crippen molar-refractivity contribution in [3.8, 4) is 0 Å². The lowest BCUT2D eigenvalue weighted by atomic mass is 10.2. The van der Waals surface area contributed by atoms with E-state index in [1.807, 2.05) is 0 Å². The molecule has 2 aromatic rings. The summed E-state index contributed by atoms with van der Waals surface area (Å²) in [6.45, 7) is 1.16. The van der Waals surface area contributed by atoms with Gasteiger partial charge in [-0.2, -0.15) is 0 Å². The summed E-state index contributed by atoms with van der Waals surface area (Å²) in [7, 11) is 0. The summed E-state index contributed by atoms with van der Waals surface area (Å²) < 4.78 is 12.7. The average Bonchev–Trinajstić information content (AvgIpc) is 2.81. The second kappa shape index (κ2) is 5.70. The predicted octanol–water partition coefficient (Wildman–Crippen LogP) is 3.09. The molecule has 1 heterocycles. The molecule has 94 valence electrons. The van der Waals surface area contributed by atoms with Crippen molar-refractivity contribution in [3.63, 3.8) is 0 Å². The Balaban J connectivity index is 1.84. The molecular weight excluding hydrogens is 255 g/mol.